The lowest BCUT2D eigenvalue weighted by molar-refractivity contribution is -0.151. The fraction of sp³-hybridized carbons (Fsp3) is 0.550. The van der Waals surface area contributed by atoms with Gasteiger partial charge in [-0.1, -0.05) is 18.2 Å². The van der Waals surface area contributed by atoms with Crippen molar-refractivity contribution in [3.8, 4) is 5.75 Å². The first-order chi connectivity index (χ1) is 13.5. The van der Waals surface area contributed by atoms with E-state index >= 15 is 0 Å². The smallest absolute Gasteiger partial charge is 0.308 e. The van der Waals surface area contributed by atoms with Crippen molar-refractivity contribution in [2.45, 2.75) is 12.8 Å². The highest BCUT2D eigenvalue weighted by molar-refractivity contribution is 5.84. The number of piperidine rings is 1. The number of ether oxygens (including phenoxy) is 2. The number of rotatable bonds is 5. The lowest BCUT2D eigenvalue weighted by atomic mass is 9.87. The van der Waals surface area contributed by atoms with E-state index < -0.39 is 17.8 Å². The second-order valence-electron chi connectivity index (χ2n) is 7.19. The van der Waals surface area contributed by atoms with Crippen LogP contribution in [0.1, 0.15) is 12.0 Å². The standard InChI is InChI=1S/C20H26N2O6/c1-27-17-5-3-2-4-14(17)11-18(23)22-12-15(10-16(13-22)20(25)26)19(24)21-6-8-28-9-7-21/h2-5,15-16H,6-13H2,1H3,(H,25,26)/t15-,16+/m1/s1. The molecule has 152 valence electrons. The summed E-state index contributed by atoms with van der Waals surface area (Å²) in [7, 11) is 1.54. The maximum atomic E-state index is 12.9. The molecule has 0 aromatic heterocycles. The summed E-state index contributed by atoms with van der Waals surface area (Å²) in [6, 6.07) is 7.24. The Bertz CT molecular complexity index is 731. The quantitative estimate of drug-likeness (QED) is 0.793. The number of carbonyl (C=O) groups excluding carboxylic acids is 2. The molecule has 1 aromatic rings. The molecule has 2 fully saturated rings. The summed E-state index contributed by atoms with van der Waals surface area (Å²) >= 11 is 0. The number of carboxylic acid groups (broad SMARTS) is 1. The number of likely N-dealkylation sites (tertiary alicyclic amines) is 1. The van der Waals surface area contributed by atoms with Crippen molar-refractivity contribution < 1.29 is 29.0 Å². The number of morpholine rings is 1. The molecule has 2 saturated heterocycles. The summed E-state index contributed by atoms with van der Waals surface area (Å²) in [5.74, 6) is -1.90. The van der Waals surface area contributed by atoms with Crippen LogP contribution >= 0.6 is 0 Å². The van der Waals surface area contributed by atoms with Gasteiger partial charge in [-0.2, -0.15) is 0 Å². The number of para-hydroxylation sites is 1. The van der Waals surface area contributed by atoms with Gasteiger partial charge in [0.2, 0.25) is 11.8 Å². The average molecular weight is 390 g/mol. The molecule has 0 unspecified atom stereocenters. The normalized spacial score (nSPS) is 22.6. The number of carboxylic acids is 1. The predicted octanol–water partition coefficient (Wildman–Crippen LogP) is 0.646. The first kappa shape index (κ1) is 20.1. The number of methoxy groups -OCH3 is 1. The maximum Gasteiger partial charge on any atom is 0.308 e. The van der Waals surface area contributed by atoms with Gasteiger partial charge in [0, 0.05) is 31.7 Å². The molecule has 2 amide bonds. The van der Waals surface area contributed by atoms with Gasteiger partial charge in [-0.05, 0) is 12.5 Å². The summed E-state index contributed by atoms with van der Waals surface area (Å²) in [6.45, 7) is 2.34. The summed E-state index contributed by atoms with van der Waals surface area (Å²) < 4.78 is 10.6. The van der Waals surface area contributed by atoms with E-state index in [4.69, 9.17) is 9.47 Å². The first-order valence-electron chi connectivity index (χ1n) is 9.48. The molecule has 8 heteroatoms. The number of carbonyl (C=O) groups is 3. The molecule has 8 nitrogen and oxygen atoms in total. The number of hydrogen-bond acceptors (Lipinski definition) is 5. The molecular formula is C20H26N2O6. The Balaban J connectivity index is 1.72. The van der Waals surface area contributed by atoms with Gasteiger partial charge in [0.05, 0.1) is 38.6 Å². The van der Waals surface area contributed by atoms with Gasteiger partial charge in [0.1, 0.15) is 5.75 Å². The summed E-state index contributed by atoms with van der Waals surface area (Å²) in [6.07, 6.45) is 0.360. The van der Waals surface area contributed by atoms with Crippen molar-refractivity contribution in [3.63, 3.8) is 0 Å². The van der Waals surface area contributed by atoms with Crippen LogP contribution < -0.4 is 4.74 Å². The lowest BCUT2D eigenvalue weighted by Gasteiger charge is -2.38. The fourth-order valence-electron chi connectivity index (χ4n) is 3.83. The van der Waals surface area contributed by atoms with E-state index in [0.29, 0.717) is 32.1 Å². The van der Waals surface area contributed by atoms with E-state index in [1.165, 1.54) is 4.90 Å². The van der Waals surface area contributed by atoms with Crippen LogP contribution in [0.3, 0.4) is 0 Å². The second-order valence-corrected chi connectivity index (χ2v) is 7.19. The van der Waals surface area contributed by atoms with Crippen LogP contribution in [0.15, 0.2) is 24.3 Å². The number of benzene rings is 1. The van der Waals surface area contributed by atoms with Gasteiger partial charge in [0.15, 0.2) is 0 Å². The second kappa shape index (κ2) is 9.05. The van der Waals surface area contributed by atoms with Gasteiger partial charge < -0.3 is 24.4 Å². The zero-order valence-corrected chi connectivity index (χ0v) is 16.0. The van der Waals surface area contributed by atoms with E-state index in [-0.39, 0.29) is 37.7 Å². The Morgan fingerprint density at radius 3 is 2.46 bits per heavy atom. The van der Waals surface area contributed by atoms with Crippen molar-refractivity contribution in [1.29, 1.82) is 0 Å². The van der Waals surface area contributed by atoms with Gasteiger partial charge >= 0.3 is 5.97 Å². The fourth-order valence-corrected chi connectivity index (χ4v) is 3.83. The van der Waals surface area contributed by atoms with Crippen molar-refractivity contribution in [3.05, 3.63) is 29.8 Å². The van der Waals surface area contributed by atoms with Crippen molar-refractivity contribution in [1.82, 2.24) is 9.80 Å². The van der Waals surface area contributed by atoms with Crippen LogP contribution in [0.4, 0.5) is 0 Å². The zero-order chi connectivity index (χ0) is 20.1. The van der Waals surface area contributed by atoms with E-state index in [1.807, 2.05) is 18.2 Å². The largest absolute Gasteiger partial charge is 0.496 e. The summed E-state index contributed by atoms with van der Waals surface area (Å²) in [5.41, 5.74) is 0.739. The maximum absolute atomic E-state index is 12.9. The molecule has 0 radical (unpaired) electrons. The number of nitrogens with zero attached hydrogens (tertiary/aromatic N) is 2. The highest BCUT2D eigenvalue weighted by Crippen LogP contribution is 2.26. The topological polar surface area (TPSA) is 96.4 Å². The molecule has 0 aliphatic carbocycles. The molecule has 0 bridgehead atoms. The monoisotopic (exact) mass is 390 g/mol. The van der Waals surface area contributed by atoms with Crippen LogP contribution in [0.25, 0.3) is 0 Å². The zero-order valence-electron chi connectivity index (χ0n) is 16.0. The Kier molecular flexibility index (Phi) is 6.51. The predicted molar refractivity (Wildman–Crippen MR) is 99.9 cm³/mol. The Hall–Kier alpha value is -2.61. The van der Waals surface area contributed by atoms with Crippen LogP contribution in [0, 0.1) is 11.8 Å². The Labute approximate surface area is 164 Å². The molecule has 1 N–H and O–H groups in total. The van der Waals surface area contributed by atoms with Crippen LogP contribution in [-0.2, 0) is 25.5 Å². The molecule has 1 aromatic carbocycles. The molecule has 2 aliphatic rings. The summed E-state index contributed by atoms with van der Waals surface area (Å²) in [4.78, 5) is 40.6. The van der Waals surface area contributed by atoms with E-state index in [1.54, 1.807) is 18.1 Å². The molecule has 0 saturated carbocycles. The van der Waals surface area contributed by atoms with E-state index in [9.17, 15) is 19.5 Å². The highest BCUT2D eigenvalue weighted by atomic mass is 16.5. The minimum absolute atomic E-state index is 0.0932. The lowest BCUT2D eigenvalue weighted by Crippen LogP contribution is -2.53. The van der Waals surface area contributed by atoms with Crippen LogP contribution in [-0.4, -0.2) is 79.2 Å². The van der Waals surface area contributed by atoms with Crippen molar-refractivity contribution >= 4 is 17.8 Å². The highest BCUT2D eigenvalue weighted by Gasteiger charge is 2.38. The summed E-state index contributed by atoms with van der Waals surface area (Å²) in [5, 5.41) is 9.52. The SMILES string of the molecule is COc1ccccc1CC(=O)N1C[C@@H](C(=O)O)C[C@@H](C(=O)N2CCOCC2)C1. The van der Waals surface area contributed by atoms with Crippen molar-refractivity contribution in [2.75, 3.05) is 46.5 Å². The number of hydrogen-bond donors (Lipinski definition) is 1. The van der Waals surface area contributed by atoms with Gasteiger partial charge in [-0.3, -0.25) is 14.4 Å². The molecule has 28 heavy (non-hydrogen) atoms. The molecule has 0 spiro atoms. The first-order valence-corrected chi connectivity index (χ1v) is 9.48. The Morgan fingerprint density at radius 1 is 1.11 bits per heavy atom. The third-order valence-electron chi connectivity index (χ3n) is 5.36. The minimum atomic E-state index is -0.977. The molecule has 3 rings (SSSR count). The van der Waals surface area contributed by atoms with Crippen LogP contribution in [0.5, 0.6) is 5.75 Å². The molecule has 2 atom stereocenters. The number of amides is 2. The van der Waals surface area contributed by atoms with E-state index in [0.717, 1.165) is 5.56 Å². The molecular weight excluding hydrogens is 364 g/mol. The average Bonchev–Trinajstić information content (AvgIpc) is 2.73. The number of aliphatic carboxylic acids is 1. The van der Waals surface area contributed by atoms with Crippen molar-refractivity contribution in [2.24, 2.45) is 11.8 Å². The third kappa shape index (κ3) is 4.62. The van der Waals surface area contributed by atoms with Crippen LogP contribution in [0.2, 0.25) is 0 Å². The minimum Gasteiger partial charge on any atom is -0.496 e. The van der Waals surface area contributed by atoms with Gasteiger partial charge in [-0.25, -0.2) is 0 Å². The molecule has 2 aliphatic heterocycles. The third-order valence-corrected chi connectivity index (χ3v) is 5.36. The van der Waals surface area contributed by atoms with E-state index in [2.05, 4.69) is 0 Å². The van der Waals surface area contributed by atoms with Gasteiger partial charge in [-0.15, -0.1) is 0 Å². The Morgan fingerprint density at radius 2 is 1.79 bits per heavy atom. The van der Waals surface area contributed by atoms with Gasteiger partial charge in [0.25, 0.3) is 0 Å². The molecule has 2 heterocycles.